The van der Waals surface area contributed by atoms with Gasteiger partial charge in [0.25, 0.3) is 0 Å². The van der Waals surface area contributed by atoms with Gasteiger partial charge in [-0.3, -0.25) is 14.4 Å². The Morgan fingerprint density at radius 2 is 1.61 bits per heavy atom. The van der Waals surface area contributed by atoms with Crippen LogP contribution in [-0.2, 0) is 14.3 Å². The van der Waals surface area contributed by atoms with E-state index in [0.717, 1.165) is 24.4 Å². The number of rotatable bonds is 6. The Kier molecular flexibility index (Phi) is 8.21. The van der Waals surface area contributed by atoms with Crippen molar-refractivity contribution >= 4 is 57.6 Å². The van der Waals surface area contributed by atoms with Gasteiger partial charge >= 0.3 is 5.97 Å². The summed E-state index contributed by atoms with van der Waals surface area (Å²) < 4.78 is 5.78. The van der Waals surface area contributed by atoms with E-state index >= 15 is 0 Å². The van der Waals surface area contributed by atoms with E-state index in [2.05, 4.69) is 18.7 Å². The zero-order valence-electron chi connectivity index (χ0n) is 20.2. The smallest absolute Gasteiger partial charge is 0.338 e. The van der Waals surface area contributed by atoms with Crippen LogP contribution in [0, 0.1) is 11.8 Å². The van der Waals surface area contributed by atoms with Crippen molar-refractivity contribution in [1.29, 1.82) is 0 Å². The number of carbonyl (C=O) groups is 4. The number of thiocarbonyl (C=S) groups is 1. The van der Waals surface area contributed by atoms with Crippen molar-refractivity contribution < 1.29 is 23.9 Å². The summed E-state index contributed by atoms with van der Waals surface area (Å²) in [5, 5.41) is -0.564. The van der Waals surface area contributed by atoms with Crippen LogP contribution in [0.3, 0.4) is 0 Å². The van der Waals surface area contributed by atoms with Crippen LogP contribution in [-0.4, -0.2) is 57.7 Å². The molecule has 3 atom stereocenters. The summed E-state index contributed by atoms with van der Waals surface area (Å²) in [5.74, 6) is -0.506. The van der Waals surface area contributed by atoms with Gasteiger partial charge in [0.15, 0.2) is 12.4 Å². The Balaban J connectivity index is 1.35. The molecule has 2 fully saturated rings. The molecule has 0 unspecified atom stereocenters. The second kappa shape index (κ2) is 11.3. The second-order valence-corrected chi connectivity index (χ2v) is 11.2. The summed E-state index contributed by atoms with van der Waals surface area (Å²) in [5.41, 5.74) is 1.07. The van der Waals surface area contributed by atoms with E-state index in [0.29, 0.717) is 27.4 Å². The highest BCUT2D eigenvalue weighted by Crippen LogP contribution is 2.33. The van der Waals surface area contributed by atoms with Crippen molar-refractivity contribution in [2.75, 3.05) is 24.6 Å². The summed E-state index contributed by atoms with van der Waals surface area (Å²) in [6.45, 7) is 5.75. The van der Waals surface area contributed by atoms with E-state index in [9.17, 15) is 19.2 Å². The number of nitrogens with zero attached hydrogens (tertiary/aromatic N) is 2. The van der Waals surface area contributed by atoms with Crippen molar-refractivity contribution in [3.63, 3.8) is 0 Å². The first kappa shape index (κ1) is 26.0. The third-order valence-electron chi connectivity index (χ3n) is 6.27. The highest BCUT2D eigenvalue weighted by atomic mass is 32.2. The first-order chi connectivity index (χ1) is 17.2. The van der Waals surface area contributed by atoms with Crippen molar-refractivity contribution in [1.82, 2.24) is 4.90 Å². The zero-order chi connectivity index (χ0) is 25.8. The van der Waals surface area contributed by atoms with Crippen LogP contribution in [0.25, 0.3) is 0 Å². The third-order valence-corrected chi connectivity index (χ3v) is 7.93. The van der Waals surface area contributed by atoms with Gasteiger partial charge < -0.3 is 9.64 Å². The molecule has 0 N–H and O–H groups in total. The maximum absolute atomic E-state index is 13.1. The fourth-order valence-corrected chi connectivity index (χ4v) is 6.12. The van der Waals surface area contributed by atoms with Crippen LogP contribution in [0.2, 0.25) is 0 Å². The normalized spacial score (nSPS) is 22.0. The van der Waals surface area contributed by atoms with Crippen molar-refractivity contribution in [2.45, 2.75) is 31.9 Å². The number of Topliss-reactive ketones (excluding diaryl/α,β-unsaturated/α-hetero) is 1. The Morgan fingerprint density at radius 3 is 2.25 bits per heavy atom. The van der Waals surface area contributed by atoms with Crippen molar-refractivity contribution in [2.24, 2.45) is 11.8 Å². The topological polar surface area (TPSA) is 84.0 Å². The number of hydrogen-bond acceptors (Lipinski definition) is 7. The maximum atomic E-state index is 13.1. The van der Waals surface area contributed by atoms with Crippen LogP contribution >= 0.6 is 24.0 Å². The van der Waals surface area contributed by atoms with Crippen molar-refractivity contribution in [3.8, 4) is 0 Å². The SMILES string of the molecule is C[C@@H]1C[C@@H](C)CN(C(=S)S[C@H]2CC(=O)N(c3ccc(C(=O)OCC(=O)c4ccccc4)cc3)C2=O)C1. The number of piperidine rings is 1. The maximum Gasteiger partial charge on any atom is 0.338 e. The predicted octanol–water partition coefficient (Wildman–Crippen LogP) is 4.35. The number of benzene rings is 2. The fourth-order valence-electron chi connectivity index (χ4n) is 4.64. The minimum Gasteiger partial charge on any atom is -0.454 e. The van der Waals surface area contributed by atoms with Crippen LogP contribution in [0.5, 0.6) is 0 Å². The van der Waals surface area contributed by atoms with Gasteiger partial charge in [-0.05, 0) is 42.5 Å². The van der Waals surface area contributed by atoms with Gasteiger partial charge in [0.05, 0.1) is 11.3 Å². The average Bonchev–Trinajstić information content (AvgIpc) is 3.14. The summed E-state index contributed by atoms with van der Waals surface area (Å²) in [6, 6.07) is 14.6. The van der Waals surface area contributed by atoms with Gasteiger partial charge in [0, 0.05) is 25.1 Å². The lowest BCUT2D eigenvalue weighted by Gasteiger charge is -2.36. The summed E-state index contributed by atoms with van der Waals surface area (Å²) in [4.78, 5) is 53.6. The van der Waals surface area contributed by atoms with Gasteiger partial charge in [-0.15, -0.1) is 0 Å². The number of amides is 2. The molecule has 4 rings (SSSR count). The second-order valence-electron chi connectivity index (χ2n) is 9.41. The molecule has 0 saturated carbocycles. The van der Waals surface area contributed by atoms with E-state index in [-0.39, 0.29) is 36.2 Å². The molecule has 0 spiro atoms. The molecule has 0 bridgehead atoms. The average molecular weight is 525 g/mol. The molecular weight excluding hydrogens is 496 g/mol. The van der Waals surface area contributed by atoms with Crippen molar-refractivity contribution in [3.05, 3.63) is 65.7 Å². The summed E-state index contributed by atoms with van der Waals surface area (Å²) in [7, 11) is 0. The van der Waals surface area contributed by atoms with E-state index in [1.807, 2.05) is 0 Å². The van der Waals surface area contributed by atoms with E-state index < -0.39 is 11.2 Å². The lowest BCUT2D eigenvalue weighted by molar-refractivity contribution is -0.121. The Labute approximate surface area is 220 Å². The molecule has 9 heteroatoms. The quantitative estimate of drug-likeness (QED) is 0.239. The van der Waals surface area contributed by atoms with Gasteiger partial charge in [0.1, 0.15) is 9.57 Å². The molecule has 0 aliphatic carbocycles. The third kappa shape index (κ3) is 6.02. The Hall–Kier alpha value is -3.04. The van der Waals surface area contributed by atoms with Gasteiger partial charge in [-0.25, -0.2) is 9.69 Å². The van der Waals surface area contributed by atoms with E-state index in [1.54, 1.807) is 30.3 Å². The monoisotopic (exact) mass is 524 g/mol. The zero-order valence-corrected chi connectivity index (χ0v) is 21.8. The predicted molar refractivity (Wildman–Crippen MR) is 143 cm³/mol. The number of esters is 1. The molecule has 7 nitrogen and oxygen atoms in total. The van der Waals surface area contributed by atoms with Crippen LogP contribution < -0.4 is 4.90 Å². The number of carbonyl (C=O) groups excluding carboxylic acids is 4. The number of hydrogen-bond donors (Lipinski definition) is 0. The number of ketones is 1. The number of ether oxygens (including phenoxy) is 1. The van der Waals surface area contributed by atoms with Gasteiger partial charge in [-0.2, -0.15) is 0 Å². The van der Waals surface area contributed by atoms with E-state index in [4.69, 9.17) is 17.0 Å². The first-order valence-corrected chi connectivity index (χ1v) is 13.2. The number of anilines is 1. The summed E-state index contributed by atoms with van der Waals surface area (Å²) >= 11 is 6.90. The highest BCUT2D eigenvalue weighted by molar-refractivity contribution is 8.23. The molecular formula is C27H28N2O5S2. The minimum atomic E-state index is -0.659. The Morgan fingerprint density at radius 1 is 0.972 bits per heavy atom. The number of imide groups is 1. The Bertz CT molecular complexity index is 1160. The fraction of sp³-hybridized carbons (Fsp3) is 0.370. The van der Waals surface area contributed by atoms with Crippen LogP contribution in [0.15, 0.2) is 54.6 Å². The van der Waals surface area contributed by atoms with Crippen LogP contribution in [0.1, 0.15) is 47.4 Å². The van der Waals surface area contributed by atoms with Gasteiger partial charge in [-0.1, -0.05) is 68.2 Å². The van der Waals surface area contributed by atoms with Gasteiger partial charge in [0.2, 0.25) is 11.8 Å². The molecule has 36 heavy (non-hydrogen) atoms. The lowest BCUT2D eigenvalue weighted by atomic mass is 9.92. The molecule has 2 aliphatic heterocycles. The molecule has 2 saturated heterocycles. The highest BCUT2D eigenvalue weighted by Gasteiger charge is 2.41. The van der Waals surface area contributed by atoms with Crippen LogP contribution in [0.4, 0.5) is 5.69 Å². The number of thioether (sulfide) groups is 1. The largest absolute Gasteiger partial charge is 0.454 e. The standard InChI is InChI=1S/C27H28N2O5S2/c1-17-12-18(2)15-28(14-17)27(35)36-23-13-24(31)29(25(23)32)21-10-8-20(9-11-21)26(33)34-16-22(30)19-6-4-3-5-7-19/h3-11,17-18,23H,12-16H2,1-2H3/t17-,18-,23+/m1/s1. The lowest BCUT2D eigenvalue weighted by Crippen LogP contribution is -2.41. The van der Waals surface area contributed by atoms with E-state index in [1.165, 1.54) is 36.0 Å². The molecule has 2 aliphatic rings. The molecule has 2 amide bonds. The molecule has 188 valence electrons. The molecule has 2 aromatic rings. The number of likely N-dealkylation sites (tertiary alicyclic amines) is 1. The molecule has 0 radical (unpaired) electrons. The molecule has 0 aromatic heterocycles. The first-order valence-electron chi connectivity index (χ1n) is 11.9. The molecule has 2 aromatic carbocycles. The molecule has 2 heterocycles. The minimum absolute atomic E-state index is 0.0774. The summed E-state index contributed by atoms with van der Waals surface area (Å²) in [6.07, 6.45) is 1.24.